The number of halogens is 3. The van der Waals surface area contributed by atoms with E-state index in [2.05, 4.69) is 10.9 Å². The summed E-state index contributed by atoms with van der Waals surface area (Å²) in [5.41, 5.74) is 4.26. The maximum absolute atomic E-state index is 12.9. The van der Waals surface area contributed by atoms with E-state index < -0.39 is 23.4 Å². The molecule has 3 aromatic rings. The van der Waals surface area contributed by atoms with E-state index in [0.29, 0.717) is 11.1 Å². The SMILES string of the molecule is O=C(CCn1c(=O)oc2ccccc21)NNc1ccccc1C(F)(F)F. The Kier molecular flexibility index (Phi) is 4.70. The molecule has 9 heteroatoms. The second kappa shape index (κ2) is 6.95. The van der Waals surface area contributed by atoms with Gasteiger partial charge >= 0.3 is 11.9 Å². The van der Waals surface area contributed by atoms with Crippen LogP contribution in [-0.4, -0.2) is 10.5 Å². The standard InChI is InChI=1S/C17H14F3N3O3/c18-17(19,20)11-5-1-2-6-12(11)21-22-15(24)9-10-23-13-7-3-4-8-14(13)26-16(23)25/h1-8,21H,9-10H2,(H,22,24). The van der Waals surface area contributed by atoms with Gasteiger partial charge in [0.15, 0.2) is 5.58 Å². The Balaban J connectivity index is 1.64. The molecule has 0 saturated carbocycles. The van der Waals surface area contributed by atoms with Gasteiger partial charge in [0.1, 0.15) is 0 Å². The first-order valence-electron chi connectivity index (χ1n) is 7.66. The van der Waals surface area contributed by atoms with Gasteiger partial charge in [-0.2, -0.15) is 13.2 Å². The highest BCUT2D eigenvalue weighted by Crippen LogP contribution is 2.34. The molecule has 0 atom stereocenters. The van der Waals surface area contributed by atoms with Gasteiger partial charge in [-0.3, -0.25) is 20.2 Å². The number of aromatic nitrogens is 1. The highest BCUT2D eigenvalue weighted by molar-refractivity contribution is 5.78. The summed E-state index contributed by atoms with van der Waals surface area (Å²) in [6, 6.07) is 11.5. The lowest BCUT2D eigenvalue weighted by Crippen LogP contribution is -2.31. The van der Waals surface area contributed by atoms with Crippen molar-refractivity contribution in [2.24, 2.45) is 0 Å². The Morgan fingerprint density at radius 1 is 1.08 bits per heavy atom. The summed E-state index contributed by atoms with van der Waals surface area (Å²) in [5.74, 6) is -1.17. The van der Waals surface area contributed by atoms with Crippen LogP contribution in [0.15, 0.2) is 57.7 Å². The number of rotatable bonds is 5. The molecular formula is C17H14F3N3O3. The van der Waals surface area contributed by atoms with E-state index in [9.17, 15) is 22.8 Å². The molecule has 1 amide bonds. The maximum atomic E-state index is 12.9. The zero-order chi connectivity index (χ0) is 18.7. The third-order valence-electron chi connectivity index (χ3n) is 3.71. The number of oxazole rings is 1. The fourth-order valence-corrected chi connectivity index (χ4v) is 2.48. The normalized spacial score (nSPS) is 11.5. The first-order valence-corrected chi connectivity index (χ1v) is 7.66. The average Bonchev–Trinajstić information content (AvgIpc) is 2.92. The molecule has 6 nitrogen and oxygen atoms in total. The van der Waals surface area contributed by atoms with Gasteiger partial charge in [-0.1, -0.05) is 24.3 Å². The molecule has 0 aliphatic rings. The summed E-state index contributed by atoms with van der Waals surface area (Å²) in [5, 5.41) is 0. The molecule has 2 aromatic carbocycles. The number of fused-ring (bicyclic) bond motifs is 1. The van der Waals surface area contributed by atoms with Crippen molar-refractivity contribution in [1.82, 2.24) is 9.99 Å². The van der Waals surface area contributed by atoms with E-state index in [0.717, 1.165) is 6.07 Å². The van der Waals surface area contributed by atoms with E-state index in [1.807, 2.05) is 0 Å². The predicted octanol–water partition coefficient (Wildman–Crippen LogP) is 3.15. The van der Waals surface area contributed by atoms with Crippen LogP contribution in [0.3, 0.4) is 0 Å². The summed E-state index contributed by atoms with van der Waals surface area (Å²) in [6.45, 7) is 0.0320. The van der Waals surface area contributed by atoms with Gasteiger partial charge in [-0.25, -0.2) is 4.79 Å². The average molecular weight is 365 g/mol. The zero-order valence-electron chi connectivity index (χ0n) is 13.3. The van der Waals surface area contributed by atoms with Crippen LogP contribution in [0.5, 0.6) is 0 Å². The van der Waals surface area contributed by atoms with Gasteiger partial charge in [-0.05, 0) is 24.3 Å². The van der Waals surface area contributed by atoms with Gasteiger partial charge in [0.25, 0.3) is 0 Å². The van der Waals surface area contributed by atoms with Crippen LogP contribution in [0.2, 0.25) is 0 Å². The molecule has 136 valence electrons. The molecule has 0 aliphatic carbocycles. The Hall–Kier alpha value is -3.23. The minimum absolute atomic E-state index is 0.0320. The molecule has 0 radical (unpaired) electrons. The molecule has 1 heterocycles. The minimum Gasteiger partial charge on any atom is -0.408 e. The summed E-state index contributed by atoms with van der Waals surface area (Å²) >= 11 is 0. The van der Waals surface area contributed by atoms with Gasteiger partial charge < -0.3 is 4.42 Å². The minimum atomic E-state index is -4.54. The van der Waals surface area contributed by atoms with Crippen LogP contribution >= 0.6 is 0 Å². The lowest BCUT2D eigenvalue weighted by molar-refractivity contribution is -0.137. The van der Waals surface area contributed by atoms with Crippen LogP contribution in [-0.2, 0) is 17.5 Å². The van der Waals surface area contributed by atoms with E-state index in [1.165, 1.54) is 22.8 Å². The first kappa shape index (κ1) is 17.6. The van der Waals surface area contributed by atoms with E-state index in [-0.39, 0.29) is 18.7 Å². The lowest BCUT2D eigenvalue weighted by atomic mass is 10.2. The van der Waals surface area contributed by atoms with Gasteiger partial charge in [0.05, 0.1) is 16.8 Å². The number of para-hydroxylation sites is 3. The third-order valence-corrected chi connectivity index (χ3v) is 3.71. The van der Waals surface area contributed by atoms with E-state index in [4.69, 9.17) is 4.42 Å². The van der Waals surface area contributed by atoms with Crippen molar-refractivity contribution in [3.05, 3.63) is 64.6 Å². The van der Waals surface area contributed by atoms with Crippen LogP contribution in [0.25, 0.3) is 11.1 Å². The number of nitrogens with one attached hydrogen (secondary N) is 2. The molecule has 26 heavy (non-hydrogen) atoms. The number of anilines is 1. The number of amides is 1. The summed E-state index contributed by atoms with van der Waals surface area (Å²) in [4.78, 5) is 23.7. The number of alkyl halides is 3. The first-order chi connectivity index (χ1) is 12.4. The molecular weight excluding hydrogens is 351 g/mol. The number of aryl methyl sites for hydroxylation is 1. The number of hydrogen-bond donors (Lipinski definition) is 2. The van der Waals surface area contributed by atoms with Crippen LogP contribution < -0.4 is 16.6 Å². The number of carbonyl (C=O) groups is 1. The van der Waals surface area contributed by atoms with Crippen molar-refractivity contribution in [3.63, 3.8) is 0 Å². The molecule has 0 aliphatic heterocycles. The van der Waals surface area contributed by atoms with Crippen molar-refractivity contribution in [3.8, 4) is 0 Å². The largest absolute Gasteiger partial charge is 0.419 e. The molecule has 0 unspecified atom stereocenters. The Morgan fingerprint density at radius 2 is 1.77 bits per heavy atom. The number of carbonyl (C=O) groups excluding carboxylic acids is 1. The maximum Gasteiger partial charge on any atom is 0.419 e. The Bertz CT molecular complexity index is 992. The summed E-state index contributed by atoms with van der Waals surface area (Å²) in [6.07, 6.45) is -4.66. The Labute approximate surface area is 145 Å². The van der Waals surface area contributed by atoms with Crippen molar-refractivity contribution < 1.29 is 22.4 Å². The summed E-state index contributed by atoms with van der Waals surface area (Å²) < 4.78 is 45.0. The molecule has 0 bridgehead atoms. The lowest BCUT2D eigenvalue weighted by Gasteiger charge is -2.14. The fraction of sp³-hybridized carbons (Fsp3) is 0.176. The van der Waals surface area contributed by atoms with Gasteiger partial charge in [0, 0.05) is 13.0 Å². The topological polar surface area (TPSA) is 76.3 Å². The van der Waals surface area contributed by atoms with Crippen molar-refractivity contribution >= 4 is 22.7 Å². The molecule has 2 N–H and O–H groups in total. The van der Waals surface area contributed by atoms with Crippen molar-refractivity contribution in [1.29, 1.82) is 0 Å². The monoisotopic (exact) mass is 365 g/mol. The molecule has 0 fully saturated rings. The second-order valence-electron chi connectivity index (χ2n) is 5.45. The fourth-order valence-electron chi connectivity index (χ4n) is 2.48. The second-order valence-corrected chi connectivity index (χ2v) is 5.45. The number of hydrogen-bond acceptors (Lipinski definition) is 4. The predicted molar refractivity (Wildman–Crippen MR) is 88.3 cm³/mol. The number of benzene rings is 2. The number of nitrogens with zero attached hydrogens (tertiary/aromatic N) is 1. The van der Waals surface area contributed by atoms with Crippen molar-refractivity contribution in [2.45, 2.75) is 19.1 Å². The smallest absolute Gasteiger partial charge is 0.408 e. The molecule has 1 aromatic heterocycles. The Morgan fingerprint density at radius 3 is 2.54 bits per heavy atom. The molecule has 0 saturated heterocycles. The number of hydrazine groups is 1. The highest BCUT2D eigenvalue weighted by Gasteiger charge is 2.33. The third kappa shape index (κ3) is 3.71. The van der Waals surface area contributed by atoms with E-state index in [1.54, 1.807) is 24.3 Å². The summed E-state index contributed by atoms with van der Waals surface area (Å²) in [7, 11) is 0. The molecule has 3 rings (SSSR count). The zero-order valence-corrected chi connectivity index (χ0v) is 13.3. The van der Waals surface area contributed by atoms with E-state index >= 15 is 0 Å². The van der Waals surface area contributed by atoms with Crippen LogP contribution in [0.4, 0.5) is 18.9 Å². The van der Waals surface area contributed by atoms with Crippen molar-refractivity contribution in [2.75, 3.05) is 5.43 Å². The van der Waals surface area contributed by atoms with Crippen LogP contribution in [0.1, 0.15) is 12.0 Å². The quantitative estimate of drug-likeness (QED) is 0.681. The van der Waals surface area contributed by atoms with Crippen LogP contribution in [0, 0.1) is 0 Å². The highest BCUT2D eigenvalue weighted by atomic mass is 19.4. The van der Waals surface area contributed by atoms with Gasteiger partial charge in [0.2, 0.25) is 5.91 Å². The molecule has 0 spiro atoms. The van der Waals surface area contributed by atoms with Gasteiger partial charge in [-0.15, -0.1) is 0 Å².